The molecule has 1 aromatic heterocycles. The fraction of sp³-hybridized carbons (Fsp3) is 0.643. The van der Waals surface area contributed by atoms with Gasteiger partial charge in [-0.1, -0.05) is 13.8 Å². The SMILES string of the molecule is COC(=O)c1ccc(C2(O)CCC(C)(C)CC2)o1. The maximum atomic E-state index is 11.3. The van der Waals surface area contributed by atoms with Crippen molar-refractivity contribution in [3.63, 3.8) is 0 Å². The molecule has 1 aliphatic carbocycles. The zero-order chi connectivity index (χ0) is 13.4. The van der Waals surface area contributed by atoms with E-state index in [4.69, 9.17) is 4.42 Å². The average molecular weight is 252 g/mol. The molecule has 4 heteroatoms. The van der Waals surface area contributed by atoms with Crippen molar-refractivity contribution in [1.29, 1.82) is 0 Å². The largest absolute Gasteiger partial charge is 0.463 e. The lowest BCUT2D eigenvalue weighted by molar-refractivity contribution is -0.0472. The maximum Gasteiger partial charge on any atom is 0.373 e. The Morgan fingerprint density at radius 3 is 2.44 bits per heavy atom. The molecule has 1 N–H and O–H groups in total. The lowest BCUT2D eigenvalue weighted by Gasteiger charge is -2.38. The first kappa shape index (κ1) is 13.1. The predicted octanol–water partition coefficient (Wildman–Crippen LogP) is 2.85. The lowest BCUT2D eigenvalue weighted by Crippen LogP contribution is -2.34. The van der Waals surface area contributed by atoms with Crippen LogP contribution in [0.5, 0.6) is 0 Å². The highest BCUT2D eigenvalue weighted by Crippen LogP contribution is 2.45. The summed E-state index contributed by atoms with van der Waals surface area (Å²) in [7, 11) is 1.31. The van der Waals surface area contributed by atoms with E-state index < -0.39 is 11.6 Å². The number of ether oxygens (including phenoxy) is 1. The van der Waals surface area contributed by atoms with Gasteiger partial charge in [0.2, 0.25) is 5.76 Å². The molecule has 0 amide bonds. The molecule has 0 atom stereocenters. The maximum absolute atomic E-state index is 11.3. The van der Waals surface area contributed by atoms with Crippen LogP contribution in [-0.2, 0) is 10.3 Å². The number of carbonyl (C=O) groups is 1. The van der Waals surface area contributed by atoms with Crippen molar-refractivity contribution in [3.05, 3.63) is 23.7 Å². The molecule has 0 aliphatic heterocycles. The van der Waals surface area contributed by atoms with Crippen LogP contribution in [0.1, 0.15) is 55.8 Å². The summed E-state index contributed by atoms with van der Waals surface area (Å²) in [6.45, 7) is 4.41. The van der Waals surface area contributed by atoms with Crippen molar-refractivity contribution in [2.45, 2.75) is 45.1 Å². The van der Waals surface area contributed by atoms with Gasteiger partial charge in [0.25, 0.3) is 0 Å². The van der Waals surface area contributed by atoms with Crippen molar-refractivity contribution in [1.82, 2.24) is 0 Å². The molecule has 1 aromatic rings. The topological polar surface area (TPSA) is 59.7 Å². The summed E-state index contributed by atoms with van der Waals surface area (Å²) < 4.78 is 10.0. The first-order valence-electron chi connectivity index (χ1n) is 6.27. The molecular formula is C14H20O4. The summed E-state index contributed by atoms with van der Waals surface area (Å²) in [6, 6.07) is 3.23. The minimum atomic E-state index is -0.943. The zero-order valence-electron chi connectivity index (χ0n) is 11.2. The molecule has 0 spiro atoms. The third-order valence-corrected chi connectivity index (χ3v) is 3.88. The van der Waals surface area contributed by atoms with Crippen molar-refractivity contribution in [2.75, 3.05) is 7.11 Å². The monoisotopic (exact) mass is 252 g/mol. The Labute approximate surface area is 107 Å². The molecule has 0 unspecified atom stereocenters. The van der Waals surface area contributed by atoms with Crippen molar-refractivity contribution in [2.24, 2.45) is 5.41 Å². The molecule has 0 saturated heterocycles. The van der Waals surface area contributed by atoms with E-state index in [0.717, 1.165) is 12.8 Å². The highest BCUT2D eigenvalue weighted by Gasteiger charge is 2.40. The second-order valence-corrected chi connectivity index (χ2v) is 5.85. The van der Waals surface area contributed by atoms with Crippen LogP contribution in [0.4, 0.5) is 0 Å². The molecular weight excluding hydrogens is 232 g/mol. The van der Waals surface area contributed by atoms with Gasteiger partial charge in [-0.2, -0.15) is 0 Å². The average Bonchev–Trinajstić information content (AvgIpc) is 2.82. The zero-order valence-corrected chi connectivity index (χ0v) is 11.2. The van der Waals surface area contributed by atoms with Gasteiger partial charge in [0.1, 0.15) is 11.4 Å². The van der Waals surface area contributed by atoms with Crippen LogP contribution in [0.25, 0.3) is 0 Å². The minimum Gasteiger partial charge on any atom is -0.463 e. The molecule has 0 aromatic carbocycles. The highest BCUT2D eigenvalue weighted by atomic mass is 16.5. The number of methoxy groups -OCH3 is 1. The Balaban J connectivity index is 2.16. The summed E-state index contributed by atoms with van der Waals surface area (Å²) in [5.74, 6) is 0.102. The third kappa shape index (κ3) is 2.43. The van der Waals surface area contributed by atoms with Crippen LogP contribution in [0.15, 0.2) is 16.5 Å². The minimum absolute atomic E-state index is 0.144. The fourth-order valence-corrected chi connectivity index (χ4v) is 2.39. The second-order valence-electron chi connectivity index (χ2n) is 5.85. The van der Waals surface area contributed by atoms with Gasteiger partial charge in [-0.15, -0.1) is 0 Å². The number of esters is 1. The highest BCUT2D eigenvalue weighted by molar-refractivity contribution is 5.86. The van der Waals surface area contributed by atoms with Gasteiger partial charge in [0.05, 0.1) is 7.11 Å². The molecule has 100 valence electrons. The summed E-state index contributed by atoms with van der Waals surface area (Å²) in [5, 5.41) is 10.6. The van der Waals surface area contributed by atoms with Gasteiger partial charge in [0, 0.05) is 0 Å². The molecule has 1 heterocycles. The van der Waals surface area contributed by atoms with E-state index in [2.05, 4.69) is 18.6 Å². The smallest absolute Gasteiger partial charge is 0.373 e. The Morgan fingerprint density at radius 1 is 1.28 bits per heavy atom. The van der Waals surface area contributed by atoms with Gasteiger partial charge >= 0.3 is 5.97 Å². The van der Waals surface area contributed by atoms with Gasteiger partial charge < -0.3 is 14.3 Å². The van der Waals surface area contributed by atoms with Gasteiger partial charge in [-0.25, -0.2) is 4.79 Å². The van der Waals surface area contributed by atoms with E-state index >= 15 is 0 Å². The van der Waals surface area contributed by atoms with Crippen LogP contribution < -0.4 is 0 Å². The van der Waals surface area contributed by atoms with Crippen LogP contribution in [0, 0.1) is 5.41 Å². The van der Waals surface area contributed by atoms with E-state index in [1.54, 1.807) is 12.1 Å². The number of rotatable bonds is 2. The van der Waals surface area contributed by atoms with Crippen LogP contribution in [0.2, 0.25) is 0 Å². The molecule has 0 bridgehead atoms. The number of hydrogen-bond acceptors (Lipinski definition) is 4. The molecule has 2 rings (SSSR count). The van der Waals surface area contributed by atoms with Crippen LogP contribution in [-0.4, -0.2) is 18.2 Å². The van der Waals surface area contributed by atoms with E-state index in [1.807, 2.05) is 0 Å². The van der Waals surface area contributed by atoms with Crippen LogP contribution in [0.3, 0.4) is 0 Å². The number of aliphatic hydroxyl groups is 1. The Bertz CT molecular complexity index is 434. The third-order valence-electron chi connectivity index (χ3n) is 3.88. The Hall–Kier alpha value is -1.29. The van der Waals surface area contributed by atoms with E-state index in [1.165, 1.54) is 7.11 Å². The molecule has 1 saturated carbocycles. The van der Waals surface area contributed by atoms with Gasteiger partial charge in [0.15, 0.2) is 0 Å². The number of hydrogen-bond donors (Lipinski definition) is 1. The molecule has 4 nitrogen and oxygen atoms in total. The summed E-state index contributed by atoms with van der Waals surface area (Å²) in [4.78, 5) is 11.3. The fourth-order valence-electron chi connectivity index (χ4n) is 2.39. The van der Waals surface area contributed by atoms with Gasteiger partial charge in [-0.3, -0.25) is 0 Å². The van der Waals surface area contributed by atoms with Crippen molar-refractivity contribution >= 4 is 5.97 Å². The van der Waals surface area contributed by atoms with E-state index in [-0.39, 0.29) is 11.2 Å². The Kier molecular flexibility index (Phi) is 3.23. The molecule has 1 aliphatic rings. The standard InChI is InChI=1S/C14H20O4/c1-13(2)6-8-14(16,9-7-13)11-5-4-10(18-11)12(15)17-3/h4-5,16H,6-9H2,1-3H3. The van der Waals surface area contributed by atoms with Crippen molar-refractivity contribution < 1.29 is 19.1 Å². The van der Waals surface area contributed by atoms with Gasteiger partial charge in [-0.05, 0) is 43.2 Å². The molecule has 18 heavy (non-hydrogen) atoms. The van der Waals surface area contributed by atoms with Crippen molar-refractivity contribution in [3.8, 4) is 0 Å². The quantitative estimate of drug-likeness (QED) is 0.822. The summed E-state index contributed by atoms with van der Waals surface area (Å²) >= 11 is 0. The summed E-state index contributed by atoms with van der Waals surface area (Å²) in [6.07, 6.45) is 3.21. The first-order valence-corrected chi connectivity index (χ1v) is 6.27. The normalized spacial score (nSPS) is 21.6. The number of carbonyl (C=O) groups excluding carboxylic acids is 1. The Morgan fingerprint density at radius 2 is 1.89 bits per heavy atom. The summed E-state index contributed by atoms with van der Waals surface area (Å²) in [5.41, 5.74) is -0.675. The predicted molar refractivity (Wildman–Crippen MR) is 66.2 cm³/mol. The van der Waals surface area contributed by atoms with E-state index in [9.17, 15) is 9.90 Å². The molecule has 1 fully saturated rings. The van der Waals surface area contributed by atoms with Crippen LogP contribution >= 0.6 is 0 Å². The lowest BCUT2D eigenvalue weighted by atomic mass is 9.70. The van der Waals surface area contributed by atoms with E-state index in [0.29, 0.717) is 18.6 Å². The second kappa shape index (κ2) is 4.43. The number of furan rings is 1. The molecule has 0 radical (unpaired) electrons. The first-order chi connectivity index (χ1) is 8.36.